The van der Waals surface area contributed by atoms with Crippen LogP contribution in [0.4, 0.5) is 4.39 Å². The molecule has 0 amide bonds. The number of hydrogen-bond acceptors (Lipinski definition) is 2. The molecule has 0 saturated carbocycles. The van der Waals surface area contributed by atoms with Crippen LogP contribution in [0.2, 0.25) is 0 Å². The Morgan fingerprint density at radius 3 is 2.42 bits per heavy atom. The minimum absolute atomic E-state index is 0.196. The van der Waals surface area contributed by atoms with E-state index in [0.717, 1.165) is 17.8 Å². The SMILES string of the molecule is CC(C)C(NCc1ccnn1C)c1ccc(F)cc1. The summed E-state index contributed by atoms with van der Waals surface area (Å²) in [5.41, 5.74) is 2.24. The first-order chi connectivity index (χ1) is 9.08. The molecule has 2 aromatic rings. The van der Waals surface area contributed by atoms with Crippen LogP contribution in [0, 0.1) is 11.7 Å². The predicted molar refractivity (Wildman–Crippen MR) is 74.0 cm³/mol. The van der Waals surface area contributed by atoms with Crippen molar-refractivity contribution in [1.29, 1.82) is 0 Å². The third-order valence-electron chi connectivity index (χ3n) is 3.32. The molecule has 4 heteroatoms. The third-order valence-corrected chi connectivity index (χ3v) is 3.32. The van der Waals surface area contributed by atoms with Crippen LogP contribution in [0.1, 0.15) is 31.1 Å². The summed E-state index contributed by atoms with van der Waals surface area (Å²) in [6.07, 6.45) is 1.79. The van der Waals surface area contributed by atoms with Gasteiger partial charge >= 0.3 is 0 Å². The van der Waals surface area contributed by atoms with Gasteiger partial charge in [-0.1, -0.05) is 26.0 Å². The van der Waals surface area contributed by atoms with Crippen LogP contribution in [-0.4, -0.2) is 9.78 Å². The maximum absolute atomic E-state index is 13.0. The molecule has 1 aromatic heterocycles. The first-order valence-electron chi connectivity index (χ1n) is 6.53. The summed E-state index contributed by atoms with van der Waals surface area (Å²) >= 11 is 0. The molecule has 1 N–H and O–H groups in total. The maximum atomic E-state index is 13.0. The van der Waals surface area contributed by atoms with E-state index in [1.54, 1.807) is 6.20 Å². The lowest BCUT2D eigenvalue weighted by Gasteiger charge is -2.23. The van der Waals surface area contributed by atoms with E-state index in [4.69, 9.17) is 0 Å². The quantitative estimate of drug-likeness (QED) is 0.896. The zero-order valence-electron chi connectivity index (χ0n) is 11.6. The van der Waals surface area contributed by atoms with Crippen molar-refractivity contribution in [2.45, 2.75) is 26.4 Å². The van der Waals surface area contributed by atoms with E-state index in [0.29, 0.717) is 5.92 Å². The van der Waals surface area contributed by atoms with E-state index in [9.17, 15) is 4.39 Å². The maximum Gasteiger partial charge on any atom is 0.123 e. The molecule has 1 unspecified atom stereocenters. The lowest BCUT2D eigenvalue weighted by Crippen LogP contribution is -2.26. The molecule has 0 aliphatic heterocycles. The van der Waals surface area contributed by atoms with Gasteiger partial charge in [0.05, 0.1) is 5.69 Å². The standard InChI is InChI=1S/C15H20FN3/c1-11(2)15(12-4-6-13(16)7-5-12)17-10-14-8-9-18-19(14)3/h4-9,11,15,17H,10H2,1-3H3. The fraction of sp³-hybridized carbons (Fsp3) is 0.400. The van der Waals surface area contributed by atoms with Gasteiger partial charge in [-0.3, -0.25) is 4.68 Å². The summed E-state index contributed by atoms with van der Waals surface area (Å²) in [6.45, 7) is 5.06. The van der Waals surface area contributed by atoms with Crippen molar-refractivity contribution in [2.75, 3.05) is 0 Å². The van der Waals surface area contributed by atoms with Gasteiger partial charge in [0, 0.05) is 25.8 Å². The van der Waals surface area contributed by atoms with Crippen molar-refractivity contribution in [3.8, 4) is 0 Å². The molecule has 0 bridgehead atoms. The van der Waals surface area contributed by atoms with Crippen molar-refractivity contribution in [2.24, 2.45) is 13.0 Å². The highest BCUT2D eigenvalue weighted by molar-refractivity contribution is 5.20. The van der Waals surface area contributed by atoms with Crippen molar-refractivity contribution < 1.29 is 4.39 Å². The van der Waals surface area contributed by atoms with E-state index < -0.39 is 0 Å². The molecule has 0 saturated heterocycles. The van der Waals surface area contributed by atoms with Crippen LogP contribution in [0.3, 0.4) is 0 Å². The Balaban J connectivity index is 2.08. The third kappa shape index (κ3) is 3.41. The zero-order valence-corrected chi connectivity index (χ0v) is 11.6. The fourth-order valence-corrected chi connectivity index (χ4v) is 2.20. The second kappa shape index (κ2) is 5.97. The minimum atomic E-state index is -0.196. The van der Waals surface area contributed by atoms with Gasteiger partial charge in [-0.05, 0) is 29.7 Å². The number of rotatable bonds is 5. The summed E-state index contributed by atoms with van der Waals surface area (Å²) in [7, 11) is 1.93. The van der Waals surface area contributed by atoms with Crippen LogP contribution >= 0.6 is 0 Å². The monoisotopic (exact) mass is 261 g/mol. The van der Waals surface area contributed by atoms with Gasteiger partial charge < -0.3 is 5.32 Å². The molecule has 0 spiro atoms. The summed E-state index contributed by atoms with van der Waals surface area (Å²) in [4.78, 5) is 0. The highest BCUT2D eigenvalue weighted by Crippen LogP contribution is 2.22. The van der Waals surface area contributed by atoms with E-state index in [1.165, 1.54) is 12.1 Å². The van der Waals surface area contributed by atoms with Crippen LogP contribution in [0.15, 0.2) is 36.5 Å². The van der Waals surface area contributed by atoms with Gasteiger partial charge in [0.1, 0.15) is 5.82 Å². The number of hydrogen-bond donors (Lipinski definition) is 1. The average molecular weight is 261 g/mol. The van der Waals surface area contributed by atoms with Crippen LogP contribution < -0.4 is 5.32 Å². The highest BCUT2D eigenvalue weighted by atomic mass is 19.1. The minimum Gasteiger partial charge on any atom is -0.304 e. The van der Waals surface area contributed by atoms with E-state index in [1.807, 2.05) is 29.9 Å². The summed E-state index contributed by atoms with van der Waals surface area (Å²) < 4.78 is 14.8. The predicted octanol–water partition coefficient (Wildman–Crippen LogP) is 3.05. The molecule has 0 aliphatic carbocycles. The Morgan fingerprint density at radius 1 is 1.21 bits per heavy atom. The van der Waals surface area contributed by atoms with Gasteiger partial charge in [0.15, 0.2) is 0 Å². The van der Waals surface area contributed by atoms with E-state index >= 15 is 0 Å². The molecule has 1 heterocycles. The number of nitrogens with one attached hydrogen (secondary N) is 1. The number of aryl methyl sites for hydroxylation is 1. The number of halogens is 1. The van der Waals surface area contributed by atoms with Gasteiger partial charge in [-0.15, -0.1) is 0 Å². The van der Waals surface area contributed by atoms with Gasteiger partial charge in [0.25, 0.3) is 0 Å². The molecule has 19 heavy (non-hydrogen) atoms. The Hall–Kier alpha value is -1.68. The summed E-state index contributed by atoms with van der Waals surface area (Å²) in [6, 6.07) is 8.91. The first kappa shape index (κ1) is 13.7. The number of aromatic nitrogens is 2. The van der Waals surface area contributed by atoms with Crippen molar-refractivity contribution >= 4 is 0 Å². The largest absolute Gasteiger partial charge is 0.304 e. The molecule has 102 valence electrons. The van der Waals surface area contributed by atoms with Crippen LogP contribution in [0.5, 0.6) is 0 Å². The Morgan fingerprint density at radius 2 is 1.89 bits per heavy atom. The first-order valence-corrected chi connectivity index (χ1v) is 6.53. The molecule has 0 fully saturated rings. The Bertz CT molecular complexity index is 516. The lowest BCUT2D eigenvalue weighted by atomic mass is 9.96. The number of benzene rings is 1. The second-order valence-corrected chi connectivity index (χ2v) is 5.10. The highest BCUT2D eigenvalue weighted by Gasteiger charge is 2.15. The summed E-state index contributed by atoms with van der Waals surface area (Å²) in [5.74, 6) is 0.233. The van der Waals surface area contributed by atoms with Crippen LogP contribution in [-0.2, 0) is 13.6 Å². The second-order valence-electron chi connectivity index (χ2n) is 5.10. The average Bonchev–Trinajstić information content (AvgIpc) is 2.77. The van der Waals surface area contributed by atoms with Gasteiger partial charge in [-0.25, -0.2) is 4.39 Å². The number of nitrogens with zero attached hydrogens (tertiary/aromatic N) is 2. The van der Waals surface area contributed by atoms with Gasteiger partial charge in [-0.2, -0.15) is 5.10 Å². The van der Waals surface area contributed by atoms with Crippen molar-refractivity contribution in [3.05, 3.63) is 53.6 Å². The Labute approximate surface area is 113 Å². The molecular weight excluding hydrogens is 241 g/mol. The van der Waals surface area contributed by atoms with Crippen molar-refractivity contribution in [3.63, 3.8) is 0 Å². The molecule has 3 nitrogen and oxygen atoms in total. The molecule has 1 atom stereocenters. The van der Waals surface area contributed by atoms with E-state index in [2.05, 4.69) is 24.3 Å². The molecule has 2 rings (SSSR count). The Kier molecular flexibility index (Phi) is 4.32. The molecular formula is C15H20FN3. The molecule has 1 aromatic carbocycles. The lowest BCUT2D eigenvalue weighted by molar-refractivity contribution is 0.404. The van der Waals surface area contributed by atoms with Gasteiger partial charge in [0.2, 0.25) is 0 Å². The summed E-state index contributed by atoms with van der Waals surface area (Å²) in [5, 5.41) is 7.67. The molecule has 0 radical (unpaired) electrons. The molecule has 0 aliphatic rings. The van der Waals surface area contributed by atoms with Crippen molar-refractivity contribution in [1.82, 2.24) is 15.1 Å². The van der Waals surface area contributed by atoms with Crippen LogP contribution in [0.25, 0.3) is 0 Å². The fourth-order valence-electron chi connectivity index (χ4n) is 2.20. The normalized spacial score (nSPS) is 12.9. The van der Waals surface area contributed by atoms with E-state index in [-0.39, 0.29) is 11.9 Å². The zero-order chi connectivity index (χ0) is 13.8. The smallest absolute Gasteiger partial charge is 0.123 e. The topological polar surface area (TPSA) is 29.9 Å².